The summed E-state index contributed by atoms with van der Waals surface area (Å²) >= 11 is 0. The maximum absolute atomic E-state index is 11.9. The van der Waals surface area contributed by atoms with Gasteiger partial charge in [0.1, 0.15) is 0 Å². The summed E-state index contributed by atoms with van der Waals surface area (Å²) in [6, 6.07) is 8.79. The topological polar surface area (TPSA) is 87.1 Å². The van der Waals surface area contributed by atoms with E-state index in [0.29, 0.717) is 0 Å². The third-order valence-corrected chi connectivity index (χ3v) is 2.65. The Labute approximate surface area is 122 Å². The van der Waals surface area contributed by atoms with Gasteiger partial charge < -0.3 is 9.84 Å². The molecule has 0 heterocycles. The first kappa shape index (κ1) is 16.6. The van der Waals surface area contributed by atoms with Crippen LogP contribution < -0.4 is 0 Å². The number of hydrogen-bond donors (Lipinski definition) is 1. The molecule has 1 atom stereocenters. The number of carboxylic acid groups (broad SMARTS) is 1. The SMILES string of the molecule is CC(=O)N(C(=O)OC(Cc1ccccc1)C(=O)O)N(C)C. The molecule has 114 valence electrons. The third kappa shape index (κ3) is 4.88. The lowest BCUT2D eigenvalue weighted by atomic mass is 10.1. The van der Waals surface area contributed by atoms with E-state index >= 15 is 0 Å². The van der Waals surface area contributed by atoms with Crippen LogP contribution in [0.3, 0.4) is 0 Å². The van der Waals surface area contributed by atoms with Crippen molar-refractivity contribution < 1.29 is 24.2 Å². The highest BCUT2D eigenvalue weighted by atomic mass is 16.6. The first-order chi connectivity index (χ1) is 9.82. The molecule has 0 fully saturated rings. The number of aliphatic carboxylic acids is 1. The summed E-state index contributed by atoms with van der Waals surface area (Å²) in [5, 5.41) is 11.1. The summed E-state index contributed by atoms with van der Waals surface area (Å²) in [6.07, 6.45) is -2.35. The van der Waals surface area contributed by atoms with Crippen LogP contribution in [0.5, 0.6) is 0 Å². The van der Waals surface area contributed by atoms with Gasteiger partial charge in [-0.3, -0.25) is 4.79 Å². The lowest BCUT2D eigenvalue weighted by molar-refractivity contribution is -0.151. The third-order valence-electron chi connectivity index (χ3n) is 2.65. The van der Waals surface area contributed by atoms with Gasteiger partial charge in [0.25, 0.3) is 0 Å². The lowest BCUT2D eigenvalue weighted by Gasteiger charge is -2.26. The summed E-state index contributed by atoms with van der Waals surface area (Å²) < 4.78 is 4.93. The number of carbonyl (C=O) groups excluding carboxylic acids is 2. The Balaban J connectivity index is 2.81. The van der Waals surface area contributed by atoms with Crippen LogP contribution in [0.25, 0.3) is 0 Å². The zero-order chi connectivity index (χ0) is 16.0. The Morgan fingerprint density at radius 2 is 1.76 bits per heavy atom. The quantitative estimate of drug-likeness (QED) is 0.820. The molecule has 1 aromatic rings. The minimum absolute atomic E-state index is 0.0289. The predicted molar refractivity (Wildman–Crippen MR) is 74.3 cm³/mol. The number of hydrazine groups is 1. The highest BCUT2D eigenvalue weighted by Gasteiger charge is 2.29. The number of carbonyl (C=O) groups is 3. The fourth-order valence-corrected chi connectivity index (χ4v) is 1.75. The molecule has 0 spiro atoms. The molecule has 1 unspecified atom stereocenters. The van der Waals surface area contributed by atoms with Crippen molar-refractivity contribution in [2.75, 3.05) is 14.1 Å². The van der Waals surface area contributed by atoms with E-state index in [4.69, 9.17) is 9.84 Å². The van der Waals surface area contributed by atoms with Crippen molar-refractivity contribution in [2.45, 2.75) is 19.4 Å². The summed E-state index contributed by atoms with van der Waals surface area (Å²) in [6.45, 7) is 1.19. The minimum Gasteiger partial charge on any atom is -0.478 e. The van der Waals surface area contributed by atoms with Crippen LogP contribution in [-0.2, 0) is 20.7 Å². The van der Waals surface area contributed by atoms with E-state index in [-0.39, 0.29) is 6.42 Å². The van der Waals surface area contributed by atoms with Crippen molar-refractivity contribution in [1.29, 1.82) is 0 Å². The molecule has 7 heteroatoms. The Morgan fingerprint density at radius 1 is 1.19 bits per heavy atom. The molecule has 21 heavy (non-hydrogen) atoms. The van der Waals surface area contributed by atoms with Gasteiger partial charge in [0.05, 0.1) is 0 Å². The first-order valence-corrected chi connectivity index (χ1v) is 6.28. The molecule has 1 aromatic carbocycles. The highest BCUT2D eigenvalue weighted by Crippen LogP contribution is 2.09. The predicted octanol–water partition coefficient (Wildman–Crippen LogP) is 1.14. The summed E-state index contributed by atoms with van der Waals surface area (Å²) in [5.74, 6) is -1.83. The second-order valence-electron chi connectivity index (χ2n) is 4.58. The van der Waals surface area contributed by atoms with Crippen LogP contribution in [0.1, 0.15) is 12.5 Å². The molecule has 0 bridgehead atoms. The molecule has 0 aliphatic carbocycles. The van der Waals surface area contributed by atoms with Gasteiger partial charge in [0, 0.05) is 27.4 Å². The van der Waals surface area contributed by atoms with Crippen LogP contribution in [0.15, 0.2) is 30.3 Å². The molecule has 0 radical (unpaired) electrons. The average molecular weight is 294 g/mol. The number of imide groups is 1. The van der Waals surface area contributed by atoms with Crippen molar-refractivity contribution in [3.05, 3.63) is 35.9 Å². The second-order valence-corrected chi connectivity index (χ2v) is 4.58. The van der Waals surface area contributed by atoms with E-state index in [9.17, 15) is 14.4 Å². The Kier molecular flexibility index (Phi) is 5.86. The van der Waals surface area contributed by atoms with Gasteiger partial charge in [0.15, 0.2) is 0 Å². The number of benzene rings is 1. The maximum atomic E-state index is 11.9. The molecule has 0 aliphatic heterocycles. The molecule has 0 saturated carbocycles. The number of rotatable bonds is 5. The Hall–Kier alpha value is -2.41. The van der Waals surface area contributed by atoms with Crippen molar-refractivity contribution >= 4 is 18.0 Å². The molecule has 0 saturated heterocycles. The van der Waals surface area contributed by atoms with Crippen molar-refractivity contribution in [3.63, 3.8) is 0 Å². The van der Waals surface area contributed by atoms with Gasteiger partial charge in [0.2, 0.25) is 12.0 Å². The average Bonchev–Trinajstić information content (AvgIpc) is 2.38. The lowest BCUT2D eigenvalue weighted by Crippen LogP contribution is -2.47. The fourth-order valence-electron chi connectivity index (χ4n) is 1.75. The van der Waals surface area contributed by atoms with Crippen molar-refractivity contribution in [2.24, 2.45) is 0 Å². The van der Waals surface area contributed by atoms with Crippen LogP contribution in [0.2, 0.25) is 0 Å². The monoisotopic (exact) mass is 294 g/mol. The minimum atomic E-state index is -1.36. The van der Waals surface area contributed by atoms with E-state index in [0.717, 1.165) is 10.6 Å². The van der Waals surface area contributed by atoms with Crippen LogP contribution in [0.4, 0.5) is 4.79 Å². The second kappa shape index (κ2) is 7.39. The Morgan fingerprint density at radius 3 is 2.19 bits per heavy atom. The van der Waals surface area contributed by atoms with Gasteiger partial charge in [-0.25, -0.2) is 14.6 Å². The fraction of sp³-hybridized carbons (Fsp3) is 0.357. The zero-order valence-electron chi connectivity index (χ0n) is 12.1. The van der Waals surface area contributed by atoms with Gasteiger partial charge in [-0.15, -0.1) is 0 Å². The summed E-state index contributed by atoms with van der Waals surface area (Å²) in [4.78, 5) is 34.5. The Bertz CT molecular complexity index is 515. The van der Waals surface area contributed by atoms with Gasteiger partial charge in [-0.05, 0) is 5.56 Å². The molecular weight excluding hydrogens is 276 g/mol. The zero-order valence-corrected chi connectivity index (χ0v) is 12.1. The molecule has 7 nitrogen and oxygen atoms in total. The van der Waals surface area contributed by atoms with Gasteiger partial charge in [-0.2, -0.15) is 5.01 Å². The van der Waals surface area contributed by atoms with Crippen molar-refractivity contribution in [1.82, 2.24) is 10.0 Å². The maximum Gasteiger partial charge on any atom is 0.432 e. The number of carboxylic acids is 1. The van der Waals surface area contributed by atoms with Crippen molar-refractivity contribution in [3.8, 4) is 0 Å². The van der Waals surface area contributed by atoms with Gasteiger partial charge in [-0.1, -0.05) is 30.3 Å². The molecule has 1 rings (SSSR count). The number of ether oxygens (including phenoxy) is 1. The van der Waals surface area contributed by atoms with Crippen LogP contribution in [-0.4, -0.2) is 53.3 Å². The summed E-state index contributed by atoms with van der Waals surface area (Å²) in [7, 11) is 2.96. The first-order valence-electron chi connectivity index (χ1n) is 6.28. The number of amides is 2. The van der Waals surface area contributed by atoms with E-state index in [1.54, 1.807) is 30.3 Å². The van der Waals surface area contributed by atoms with E-state index in [2.05, 4.69) is 0 Å². The van der Waals surface area contributed by atoms with E-state index in [1.165, 1.54) is 26.0 Å². The molecule has 0 aliphatic rings. The van der Waals surface area contributed by atoms with E-state index in [1.807, 2.05) is 0 Å². The molecular formula is C14H18N2O5. The number of hydrogen-bond acceptors (Lipinski definition) is 5. The normalized spacial score (nSPS) is 11.8. The molecule has 1 N–H and O–H groups in total. The van der Waals surface area contributed by atoms with Gasteiger partial charge >= 0.3 is 12.1 Å². The van der Waals surface area contributed by atoms with Crippen LogP contribution in [0, 0.1) is 0 Å². The largest absolute Gasteiger partial charge is 0.478 e. The molecule has 2 amide bonds. The highest BCUT2D eigenvalue weighted by molar-refractivity contribution is 5.90. The van der Waals surface area contributed by atoms with E-state index < -0.39 is 24.1 Å². The molecule has 0 aromatic heterocycles. The summed E-state index contributed by atoms with van der Waals surface area (Å²) in [5.41, 5.74) is 0.719. The van der Waals surface area contributed by atoms with Crippen LogP contribution >= 0.6 is 0 Å². The standard InChI is InChI=1S/C14H18N2O5/c1-10(17)16(15(2)3)14(20)21-12(13(18)19)9-11-7-5-4-6-8-11/h4-8,12H,9H2,1-3H3,(H,18,19). The number of nitrogens with zero attached hydrogens (tertiary/aromatic N) is 2. The smallest absolute Gasteiger partial charge is 0.432 e.